The maximum Gasteiger partial charge on any atom is 0.0649 e. The fraction of sp³-hybridized carbons (Fsp3) is 0.579. The van der Waals surface area contributed by atoms with Gasteiger partial charge >= 0.3 is 0 Å². The normalized spacial score (nSPS) is 16.9. The zero-order valence-electron chi connectivity index (χ0n) is 13.6. The molecule has 0 saturated heterocycles. The molecule has 2 nitrogen and oxygen atoms in total. The Labute approximate surface area is 128 Å². The molecule has 0 N–H and O–H groups in total. The monoisotopic (exact) mass is 285 g/mol. The lowest BCUT2D eigenvalue weighted by Crippen LogP contribution is -2.13. The van der Waals surface area contributed by atoms with Gasteiger partial charge in [0.1, 0.15) is 0 Å². The molecule has 1 saturated carbocycles. The molecule has 1 aliphatic carbocycles. The van der Waals surface area contributed by atoms with Crippen molar-refractivity contribution < 1.29 is 4.74 Å². The molecule has 2 heteroatoms. The van der Waals surface area contributed by atoms with Crippen LogP contribution in [0.1, 0.15) is 52.0 Å². The Morgan fingerprint density at radius 2 is 1.90 bits per heavy atom. The zero-order chi connectivity index (χ0) is 14.9. The van der Waals surface area contributed by atoms with E-state index in [4.69, 9.17) is 4.74 Å². The van der Waals surface area contributed by atoms with E-state index in [2.05, 4.69) is 55.8 Å². The van der Waals surface area contributed by atoms with Crippen molar-refractivity contribution in [3.05, 3.63) is 36.0 Å². The highest BCUT2D eigenvalue weighted by atomic mass is 16.5. The molecular weight excluding hydrogens is 258 g/mol. The van der Waals surface area contributed by atoms with Gasteiger partial charge in [-0.05, 0) is 47.4 Å². The summed E-state index contributed by atoms with van der Waals surface area (Å²) in [4.78, 5) is 0. The number of fused-ring (bicyclic) bond motifs is 1. The van der Waals surface area contributed by atoms with Crippen LogP contribution >= 0.6 is 0 Å². The second-order valence-corrected chi connectivity index (χ2v) is 7.31. The van der Waals surface area contributed by atoms with Gasteiger partial charge in [0.05, 0.1) is 12.7 Å². The molecule has 0 unspecified atom stereocenters. The molecule has 0 bridgehead atoms. The van der Waals surface area contributed by atoms with Crippen molar-refractivity contribution in [2.24, 2.45) is 0 Å². The summed E-state index contributed by atoms with van der Waals surface area (Å²) in [6.07, 6.45) is 7.89. The van der Waals surface area contributed by atoms with Crippen LogP contribution in [0.3, 0.4) is 0 Å². The van der Waals surface area contributed by atoms with E-state index < -0.39 is 0 Å². The molecule has 1 aliphatic rings. The van der Waals surface area contributed by atoms with Gasteiger partial charge in [-0.2, -0.15) is 0 Å². The minimum absolute atomic E-state index is 0.210. The van der Waals surface area contributed by atoms with Crippen LogP contribution in [0.5, 0.6) is 0 Å². The van der Waals surface area contributed by atoms with Gasteiger partial charge in [0, 0.05) is 18.3 Å². The molecular formula is C19H27NO. The maximum atomic E-state index is 5.98. The van der Waals surface area contributed by atoms with Crippen molar-refractivity contribution in [1.29, 1.82) is 0 Å². The summed E-state index contributed by atoms with van der Waals surface area (Å²) in [5, 5.41) is 1.34. The topological polar surface area (TPSA) is 14.2 Å². The van der Waals surface area contributed by atoms with Crippen LogP contribution in [0.15, 0.2) is 30.5 Å². The molecule has 1 fully saturated rings. The van der Waals surface area contributed by atoms with Crippen LogP contribution in [0.2, 0.25) is 0 Å². The Morgan fingerprint density at radius 3 is 2.62 bits per heavy atom. The average molecular weight is 285 g/mol. The Bertz CT molecular complexity index is 600. The van der Waals surface area contributed by atoms with Crippen LogP contribution in [0.25, 0.3) is 10.9 Å². The standard InChI is InChI=1S/C19H27NO/c1-19(2,3)16-8-9-18-15(14-16)10-11-20(18)12-13-21-17-6-4-5-7-17/h8-11,14,17H,4-7,12-13H2,1-3H3. The third-order valence-electron chi connectivity index (χ3n) is 4.62. The van der Waals surface area contributed by atoms with Crippen LogP contribution in [-0.4, -0.2) is 17.3 Å². The summed E-state index contributed by atoms with van der Waals surface area (Å²) >= 11 is 0. The first kappa shape index (κ1) is 14.6. The molecule has 0 amide bonds. The lowest BCUT2D eigenvalue weighted by atomic mass is 9.86. The first-order valence-corrected chi connectivity index (χ1v) is 8.25. The van der Waals surface area contributed by atoms with E-state index in [9.17, 15) is 0 Å². The van der Waals surface area contributed by atoms with Crippen molar-refractivity contribution in [2.75, 3.05) is 6.61 Å². The molecule has 2 aromatic rings. The maximum absolute atomic E-state index is 5.98. The number of rotatable bonds is 4. The molecule has 3 rings (SSSR count). The summed E-state index contributed by atoms with van der Waals surface area (Å²) < 4.78 is 8.30. The van der Waals surface area contributed by atoms with E-state index in [0.29, 0.717) is 6.10 Å². The molecule has 21 heavy (non-hydrogen) atoms. The number of ether oxygens (including phenoxy) is 1. The third kappa shape index (κ3) is 3.32. The molecule has 1 aromatic carbocycles. The van der Waals surface area contributed by atoms with Crippen molar-refractivity contribution in [1.82, 2.24) is 4.57 Å². The van der Waals surface area contributed by atoms with Gasteiger partial charge in [0.2, 0.25) is 0 Å². The van der Waals surface area contributed by atoms with Crippen LogP contribution < -0.4 is 0 Å². The van der Waals surface area contributed by atoms with Crippen LogP contribution in [-0.2, 0) is 16.7 Å². The van der Waals surface area contributed by atoms with Crippen LogP contribution in [0, 0.1) is 0 Å². The van der Waals surface area contributed by atoms with Crippen molar-refractivity contribution >= 4 is 10.9 Å². The minimum atomic E-state index is 0.210. The minimum Gasteiger partial charge on any atom is -0.376 e. The fourth-order valence-electron chi connectivity index (χ4n) is 3.23. The second kappa shape index (κ2) is 5.84. The molecule has 0 radical (unpaired) electrons. The summed E-state index contributed by atoms with van der Waals surface area (Å²) in [7, 11) is 0. The molecule has 0 atom stereocenters. The average Bonchev–Trinajstić information content (AvgIpc) is 3.07. The number of benzene rings is 1. The van der Waals surface area contributed by atoms with Gasteiger partial charge in [-0.15, -0.1) is 0 Å². The zero-order valence-corrected chi connectivity index (χ0v) is 13.6. The lowest BCUT2D eigenvalue weighted by Gasteiger charge is -2.19. The number of hydrogen-bond acceptors (Lipinski definition) is 1. The first-order valence-electron chi connectivity index (χ1n) is 8.25. The Hall–Kier alpha value is -1.28. The second-order valence-electron chi connectivity index (χ2n) is 7.31. The van der Waals surface area contributed by atoms with E-state index in [1.165, 1.54) is 42.1 Å². The number of aromatic nitrogens is 1. The van der Waals surface area contributed by atoms with Crippen molar-refractivity contribution in [2.45, 2.75) is 64.5 Å². The number of hydrogen-bond donors (Lipinski definition) is 0. The van der Waals surface area contributed by atoms with Gasteiger partial charge in [-0.3, -0.25) is 0 Å². The smallest absolute Gasteiger partial charge is 0.0649 e. The SMILES string of the molecule is CC(C)(C)c1ccc2c(ccn2CCOC2CCCC2)c1. The molecule has 1 aromatic heterocycles. The largest absolute Gasteiger partial charge is 0.376 e. The fourth-order valence-corrected chi connectivity index (χ4v) is 3.23. The molecule has 1 heterocycles. The van der Waals surface area contributed by atoms with E-state index in [1.54, 1.807) is 0 Å². The Morgan fingerprint density at radius 1 is 1.14 bits per heavy atom. The van der Waals surface area contributed by atoms with Crippen LogP contribution in [0.4, 0.5) is 0 Å². The first-order chi connectivity index (χ1) is 10.0. The van der Waals surface area contributed by atoms with E-state index in [0.717, 1.165) is 13.2 Å². The van der Waals surface area contributed by atoms with E-state index in [1.807, 2.05) is 0 Å². The van der Waals surface area contributed by atoms with E-state index in [-0.39, 0.29) is 5.41 Å². The van der Waals surface area contributed by atoms with Gasteiger partial charge in [0.25, 0.3) is 0 Å². The summed E-state index contributed by atoms with van der Waals surface area (Å²) in [5.41, 5.74) is 2.93. The molecule has 0 spiro atoms. The van der Waals surface area contributed by atoms with Gasteiger partial charge in [-0.25, -0.2) is 0 Å². The highest BCUT2D eigenvalue weighted by Gasteiger charge is 2.16. The van der Waals surface area contributed by atoms with E-state index >= 15 is 0 Å². The predicted octanol–water partition coefficient (Wildman–Crippen LogP) is 4.90. The van der Waals surface area contributed by atoms with Crippen molar-refractivity contribution in [3.63, 3.8) is 0 Å². The van der Waals surface area contributed by atoms with Gasteiger partial charge in [0.15, 0.2) is 0 Å². The third-order valence-corrected chi connectivity index (χ3v) is 4.62. The Balaban J connectivity index is 1.68. The van der Waals surface area contributed by atoms with Gasteiger partial charge in [-0.1, -0.05) is 39.7 Å². The summed E-state index contributed by atoms with van der Waals surface area (Å²) in [6, 6.07) is 9.06. The number of nitrogens with zero attached hydrogens (tertiary/aromatic N) is 1. The highest BCUT2D eigenvalue weighted by Crippen LogP contribution is 2.27. The molecule has 114 valence electrons. The summed E-state index contributed by atoms with van der Waals surface area (Å²) in [6.45, 7) is 8.58. The highest BCUT2D eigenvalue weighted by molar-refractivity contribution is 5.81. The lowest BCUT2D eigenvalue weighted by molar-refractivity contribution is 0.0535. The van der Waals surface area contributed by atoms with Crippen molar-refractivity contribution in [3.8, 4) is 0 Å². The molecule has 0 aliphatic heterocycles. The van der Waals surface area contributed by atoms with Gasteiger partial charge < -0.3 is 9.30 Å². The predicted molar refractivity (Wildman–Crippen MR) is 88.8 cm³/mol. The Kier molecular flexibility index (Phi) is 4.08. The summed E-state index contributed by atoms with van der Waals surface area (Å²) in [5.74, 6) is 0. The quantitative estimate of drug-likeness (QED) is 0.779.